The summed E-state index contributed by atoms with van der Waals surface area (Å²) in [5, 5.41) is 9.44. The molecule has 0 radical (unpaired) electrons. The summed E-state index contributed by atoms with van der Waals surface area (Å²) in [6.45, 7) is 3.63. The average Bonchev–Trinajstić information content (AvgIpc) is 2.90. The van der Waals surface area contributed by atoms with E-state index in [1.54, 1.807) is 28.5 Å². The van der Waals surface area contributed by atoms with Crippen LogP contribution in [0.4, 0.5) is 0 Å². The highest BCUT2D eigenvalue weighted by Crippen LogP contribution is 2.40. The first-order valence-electron chi connectivity index (χ1n) is 7.16. The number of aryl methyl sites for hydroxylation is 1. The first kappa shape index (κ1) is 17.4. The molecule has 22 heavy (non-hydrogen) atoms. The normalized spacial score (nSPS) is 21.1. The van der Waals surface area contributed by atoms with Crippen molar-refractivity contribution in [1.82, 2.24) is 9.55 Å². The molecule has 1 aromatic heterocycles. The highest BCUT2D eigenvalue weighted by atomic mass is 33.1. The first-order valence-corrected chi connectivity index (χ1v) is 9.48. The Labute approximate surface area is 136 Å². The average molecular weight is 344 g/mol. The van der Waals surface area contributed by atoms with Crippen LogP contribution in [0.3, 0.4) is 0 Å². The number of aliphatic hydroxyl groups excluding tert-OH is 1. The number of aliphatic hydroxyl groups is 1. The minimum atomic E-state index is -0.602. The third kappa shape index (κ3) is 4.07. The maximum atomic E-state index is 11.9. The molecule has 2 atom stereocenters. The quantitative estimate of drug-likeness (QED) is 0.580. The van der Waals surface area contributed by atoms with E-state index in [9.17, 15) is 14.7 Å². The number of rotatable bonds is 7. The Morgan fingerprint density at radius 2 is 2.23 bits per heavy atom. The molecule has 0 unspecified atom stereocenters. The van der Waals surface area contributed by atoms with Gasteiger partial charge in [0, 0.05) is 22.4 Å². The van der Waals surface area contributed by atoms with Gasteiger partial charge in [-0.25, -0.2) is 4.79 Å². The summed E-state index contributed by atoms with van der Waals surface area (Å²) in [6, 6.07) is 0. The molecule has 0 aliphatic carbocycles. The monoisotopic (exact) mass is 344 g/mol. The van der Waals surface area contributed by atoms with Crippen molar-refractivity contribution in [3.05, 3.63) is 43.6 Å². The fraction of sp³-hybridized carbons (Fsp3) is 0.571. The first-order chi connectivity index (χ1) is 10.6. The van der Waals surface area contributed by atoms with E-state index in [0.717, 1.165) is 23.5 Å². The minimum Gasteiger partial charge on any atom is -0.393 e. The van der Waals surface area contributed by atoms with Gasteiger partial charge in [0.15, 0.2) is 6.23 Å². The Kier molecular flexibility index (Phi) is 6.37. The van der Waals surface area contributed by atoms with Gasteiger partial charge in [0.2, 0.25) is 0 Å². The zero-order valence-electron chi connectivity index (χ0n) is 12.6. The van der Waals surface area contributed by atoms with Crippen molar-refractivity contribution in [2.45, 2.75) is 39.0 Å². The van der Waals surface area contributed by atoms with Crippen LogP contribution < -0.4 is 11.2 Å². The van der Waals surface area contributed by atoms with Crippen molar-refractivity contribution in [1.29, 1.82) is 0 Å². The van der Waals surface area contributed by atoms with Gasteiger partial charge in [0.25, 0.3) is 5.56 Å². The zero-order chi connectivity index (χ0) is 16.1. The fourth-order valence-corrected chi connectivity index (χ4v) is 4.51. The second-order valence-electron chi connectivity index (χ2n) is 5.00. The molecular formula is C14H20N2O4S2. The van der Waals surface area contributed by atoms with Crippen molar-refractivity contribution in [2.24, 2.45) is 0 Å². The lowest BCUT2D eigenvalue weighted by Crippen LogP contribution is -2.33. The van der Waals surface area contributed by atoms with E-state index >= 15 is 0 Å². The zero-order valence-corrected chi connectivity index (χ0v) is 14.2. The van der Waals surface area contributed by atoms with Crippen LogP contribution in [0.2, 0.25) is 0 Å². The molecule has 0 spiro atoms. The van der Waals surface area contributed by atoms with Gasteiger partial charge < -0.3 is 9.84 Å². The van der Waals surface area contributed by atoms with Crippen LogP contribution >= 0.6 is 21.6 Å². The van der Waals surface area contributed by atoms with Crippen LogP contribution in [-0.2, 0) is 4.74 Å². The van der Waals surface area contributed by atoms with Gasteiger partial charge in [0.1, 0.15) is 6.10 Å². The predicted octanol–water partition coefficient (Wildman–Crippen LogP) is 1.80. The highest BCUT2D eigenvalue weighted by Gasteiger charge is 2.29. The minimum absolute atomic E-state index is 0.138. The van der Waals surface area contributed by atoms with Crippen LogP contribution in [0, 0.1) is 6.92 Å². The van der Waals surface area contributed by atoms with Crippen LogP contribution in [0.1, 0.15) is 31.6 Å². The van der Waals surface area contributed by atoms with Gasteiger partial charge in [-0.2, -0.15) is 0 Å². The van der Waals surface area contributed by atoms with Gasteiger partial charge in [-0.15, -0.1) is 0 Å². The van der Waals surface area contributed by atoms with Crippen molar-refractivity contribution < 1.29 is 9.84 Å². The molecular weight excluding hydrogens is 324 g/mol. The van der Waals surface area contributed by atoms with Crippen molar-refractivity contribution >= 4 is 21.6 Å². The van der Waals surface area contributed by atoms with Crippen LogP contribution in [0.25, 0.3) is 0 Å². The second kappa shape index (κ2) is 8.05. The van der Waals surface area contributed by atoms with Gasteiger partial charge >= 0.3 is 5.69 Å². The number of aromatic nitrogens is 2. The van der Waals surface area contributed by atoms with Crippen molar-refractivity contribution in [2.75, 3.05) is 12.4 Å². The molecule has 122 valence electrons. The molecule has 1 aliphatic rings. The Hall–Kier alpha value is -0.960. The van der Waals surface area contributed by atoms with E-state index in [2.05, 4.69) is 11.9 Å². The molecule has 0 aromatic carbocycles. The van der Waals surface area contributed by atoms with Crippen molar-refractivity contribution in [3.8, 4) is 0 Å². The largest absolute Gasteiger partial charge is 0.393 e. The molecule has 1 aliphatic heterocycles. The van der Waals surface area contributed by atoms with E-state index in [-0.39, 0.29) is 6.61 Å². The Bertz CT molecular complexity index is 653. The van der Waals surface area contributed by atoms with Crippen LogP contribution in [0.5, 0.6) is 0 Å². The molecule has 6 nitrogen and oxygen atoms in total. The van der Waals surface area contributed by atoms with Gasteiger partial charge in [0.05, 0.1) is 6.61 Å². The lowest BCUT2D eigenvalue weighted by atomic mass is 10.3. The smallest absolute Gasteiger partial charge is 0.330 e. The summed E-state index contributed by atoms with van der Waals surface area (Å²) >= 11 is 0. The summed E-state index contributed by atoms with van der Waals surface area (Å²) in [5.41, 5.74) is -0.472. The van der Waals surface area contributed by atoms with E-state index in [1.165, 1.54) is 10.8 Å². The third-order valence-corrected chi connectivity index (χ3v) is 5.85. The molecule has 2 N–H and O–H groups in total. The summed E-state index contributed by atoms with van der Waals surface area (Å²) in [7, 11) is 3.29. The number of hydrogen-bond donors (Lipinski definition) is 2. The number of nitrogens with zero attached hydrogens (tertiary/aromatic N) is 1. The molecule has 0 fully saturated rings. The predicted molar refractivity (Wildman–Crippen MR) is 90.1 cm³/mol. The molecule has 0 saturated carbocycles. The molecule has 8 heteroatoms. The van der Waals surface area contributed by atoms with E-state index in [0.29, 0.717) is 5.56 Å². The third-order valence-electron chi connectivity index (χ3n) is 3.25. The Morgan fingerprint density at radius 1 is 1.45 bits per heavy atom. The van der Waals surface area contributed by atoms with Crippen LogP contribution in [-0.4, -0.2) is 33.1 Å². The topological polar surface area (TPSA) is 84.3 Å². The maximum Gasteiger partial charge on any atom is 0.330 e. The number of hydrogen-bond acceptors (Lipinski definition) is 6. The number of H-pyrrole nitrogens is 1. The summed E-state index contributed by atoms with van der Waals surface area (Å²) in [6.07, 6.45) is 4.55. The van der Waals surface area contributed by atoms with Crippen molar-refractivity contribution in [3.63, 3.8) is 0 Å². The van der Waals surface area contributed by atoms with E-state index in [4.69, 9.17) is 4.74 Å². The molecule has 0 amide bonds. The van der Waals surface area contributed by atoms with E-state index < -0.39 is 23.6 Å². The Morgan fingerprint density at radius 3 is 2.91 bits per heavy atom. The maximum absolute atomic E-state index is 11.9. The summed E-state index contributed by atoms with van der Waals surface area (Å²) in [4.78, 5) is 26.5. The molecule has 0 saturated heterocycles. The number of unbranched alkanes of at least 4 members (excludes halogenated alkanes) is 1. The molecule has 2 rings (SSSR count). The molecule has 1 aromatic rings. The fourth-order valence-electron chi connectivity index (χ4n) is 1.97. The van der Waals surface area contributed by atoms with Crippen LogP contribution in [0.15, 0.2) is 26.8 Å². The number of nitrogens with one attached hydrogen (secondary N) is 1. The molecule has 0 bridgehead atoms. The summed E-state index contributed by atoms with van der Waals surface area (Å²) in [5.74, 6) is 1.03. The lowest BCUT2D eigenvalue weighted by Gasteiger charge is -2.15. The lowest BCUT2D eigenvalue weighted by molar-refractivity contribution is -0.0115. The van der Waals surface area contributed by atoms with Gasteiger partial charge in [-0.05, 0) is 19.4 Å². The van der Waals surface area contributed by atoms with Gasteiger partial charge in [-0.1, -0.05) is 34.9 Å². The Balaban J connectivity index is 2.16. The number of aromatic amines is 1. The van der Waals surface area contributed by atoms with E-state index in [1.807, 2.05) is 6.08 Å². The van der Waals surface area contributed by atoms with Gasteiger partial charge in [-0.3, -0.25) is 14.3 Å². The highest BCUT2D eigenvalue weighted by molar-refractivity contribution is 8.78. The SMILES string of the molecule is CCCCSSC1=C[C@H](n2cc(C)c(=O)[nH]c2=O)O[C@@H]1CO. The second-order valence-corrected chi connectivity index (χ2v) is 7.49. The number of ether oxygens (including phenoxy) is 1. The summed E-state index contributed by atoms with van der Waals surface area (Å²) < 4.78 is 7.04. The molecule has 2 heterocycles. The standard InChI is InChI=1S/C14H20N2O4S2/c1-3-4-5-21-22-11-6-12(20-10(11)8-17)16-7-9(2)13(18)15-14(16)19/h6-7,10,12,17H,3-5,8H2,1-2H3,(H,15,18,19)/t10-,12-/m1/s1.